The van der Waals surface area contributed by atoms with Crippen molar-refractivity contribution in [2.75, 3.05) is 13.1 Å². The first-order valence-corrected chi connectivity index (χ1v) is 7.34. The van der Waals surface area contributed by atoms with Crippen molar-refractivity contribution < 1.29 is 4.21 Å². The number of hydrogen-bond acceptors (Lipinski definition) is 4. The Labute approximate surface area is 100 Å². The smallest absolute Gasteiger partial charge is 0.182 e. The highest BCUT2D eigenvalue weighted by Gasteiger charge is 2.24. The summed E-state index contributed by atoms with van der Waals surface area (Å²) in [4.78, 5) is 4.45. The first-order valence-electron chi connectivity index (χ1n) is 5.31. The Morgan fingerprint density at radius 1 is 1.44 bits per heavy atom. The molecule has 3 rings (SSSR count). The fourth-order valence-corrected chi connectivity index (χ4v) is 4.67. The Morgan fingerprint density at radius 3 is 3.06 bits per heavy atom. The van der Waals surface area contributed by atoms with Crippen molar-refractivity contribution in [1.82, 2.24) is 10.3 Å². The predicted molar refractivity (Wildman–Crippen MR) is 67.3 cm³/mol. The van der Waals surface area contributed by atoms with Crippen molar-refractivity contribution in [3.05, 3.63) is 24.3 Å². The summed E-state index contributed by atoms with van der Waals surface area (Å²) in [6.07, 6.45) is 0.989. The normalized spacial score (nSPS) is 22.6. The SMILES string of the molecule is O=[S@@](c1nc2ccccc2s1)[C@H]1CCNC1. The molecule has 0 unspecified atom stereocenters. The molecule has 1 aromatic carbocycles. The molecular weight excluding hydrogens is 240 g/mol. The summed E-state index contributed by atoms with van der Waals surface area (Å²) in [6.45, 7) is 1.82. The Kier molecular flexibility index (Phi) is 2.75. The standard InChI is InChI=1S/C11H12N2OS2/c14-16(8-5-6-12-7-8)11-13-9-3-1-2-4-10(9)15-11/h1-4,8,12H,5-7H2/t8-,16+/m0/s1. The van der Waals surface area contributed by atoms with E-state index in [0.717, 1.165) is 34.1 Å². The number of hydrogen-bond donors (Lipinski definition) is 1. The number of thiazole rings is 1. The van der Waals surface area contributed by atoms with E-state index in [1.807, 2.05) is 24.3 Å². The molecule has 84 valence electrons. The largest absolute Gasteiger partial charge is 0.315 e. The van der Waals surface area contributed by atoms with Gasteiger partial charge in [0, 0.05) is 6.54 Å². The summed E-state index contributed by atoms with van der Waals surface area (Å²) in [5.41, 5.74) is 0.960. The maximum Gasteiger partial charge on any atom is 0.182 e. The minimum absolute atomic E-state index is 0.237. The average molecular weight is 252 g/mol. The van der Waals surface area contributed by atoms with Crippen LogP contribution in [0.25, 0.3) is 10.2 Å². The summed E-state index contributed by atoms with van der Waals surface area (Å²) >= 11 is 1.55. The van der Waals surface area contributed by atoms with E-state index in [1.54, 1.807) is 11.3 Å². The molecule has 0 saturated carbocycles. The van der Waals surface area contributed by atoms with E-state index in [0.29, 0.717) is 0 Å². The zero-order valence-electron chi connectivity index (χ0n) is 8.68. The van der Waals surface area contributed by atoms with Crippen molar-refractivity contribution in [3.8, 4) is 0 Å². The van der Waals surface area contributed by atoms with Gasteiger partial charge in [-0.1, -0.05) is 12.1 Å². The van der Waals surface area contributed by atoms with Crippen molar-refractivity contribution in [3.63, 3.8) is 0 Å². The number of fused-ring (bicyclic) bond motifs is 1. The lowest BCUT2D eigenvalue weighted by molar-refractivity contribution is 0.672. The second-order valence-electron chi connectivity index (χ2n) is 3.86. The van der Waals surface area contributed by atoms with Gasteiger partial charge in [-0.05, 0) is 25.1 Å². The van der Waals surface area contributed by atoms with Crippen LogP contribution < -0.4 is 5.32 Å². The summed E-state index contributed by atoms with van der Waals surface area (Å²) in [7, 11) is -0.946. The maximum absolute atomic E-state index is 12.2. The highest BCUT2D eigenvalue weighted by molar-refractivity contribution is 7.88. The topological polar surface area (TPSA) is 42.0 Å². The molecule has 0 bridgehead atoms. The van der Waals surface area contributed by atoms with Gasteiger partial charge in [0.15, 0.2) is 4.34 Å². The van der Waals surface area contributed by atoms with Gasteiger partial charge in [-0.2, -0.15) is 0 Å². The number of para-hydroxylation sites is 1. The summed E-state index contributed by atoms with van der Waals surface area (Å²) in [5, 5.41) is 3.48. The Morgan fingerprint density at radius 2 is 2.31 bits per heavy atom. The lowest BCUT2D eigenvalue weighted by Crippen LogP contribution is -2.18. The van der Waals surface area contributed by atoms with E-state index in [9.17, 15) is 4.21 Å². The van der Waals surface area contributed by atoms with Gasteiger partial charge in [0.05, 0.1) is 26.3 Å². The third-order valence-corrected chi connectivity index (χ3v) is 5.78. The minimum Gasteiger partial charge on any atom is -0.315 e. The molecule has 0 spiro atoms. The van der Waals surface area contributed by atoms with Crippen LogP contribution in [0.2, 0.25) is 0 Å². The van der Waals surface area contributed by atoms with Gasteiger partial charge < -0.3 is 5.32 Å². The monoisotopic (exact) mass is 252 g/mol. The van der Waals surface area contributed by atoms with Gasteiger partial charge in [-0.25, -0.2) is 4.98 Å². The maximum atomic E-state index is 12.2. The third kappa shape index (κ3) is 1.79. The Hall–Kier alpha value is -0.780. The molecular formula is C11H12N2OS2. The molecule has 2 atom stereocenters. The number of benzene rings is 1. The van der Waals surface area contributed by atoms with Gasteiger partial charge in [-0.15, -0.1) is 11.3 Å². The lowest BCUT2D eigenvalue weighted by atomic mass is 10.3. The zero-order valence-corrected chi connectivity index (χ0v) is 10.3. The quantitative estimate of drug-likeness (QED) is 0.885. The van der Waals surface area contributed by atoms with Crippen LogP contribution in [0.5, 0.6) is 0 Å². The molecule has 2 aromatic rings. The van der Waals surface area contributed by atoms with Crippen molar-refractivity contribution in [2.45, 2.75) is 16.0 Å². The molecule has 0 radical (unpaired) electrons. The van der Waals surface area contributed by atoms with Crippen molar-refractivity contribution in [1.29, 1.82) is 0 Å². The highest BCUT2D eigenvalue weighted by Crippen LogP contribution is 2.26. The molecule has 1 N–H and O–H groups in total. The molecule has 1 saturated heterocycles. The van der Waals surface area contributed by atoms with Crippen LogP contribution in [-0.2, 0) is 10.8 Å². The molecule has 1 aromatic heterocycles. The fraction of sp³-hybridized carbons (Fsp3) is 0.364. The first kappa shape index (κ1) is 10.4. The number of rotatable bonds is 2. The van der Waals surface area contributed by atoms with Gasteiger partial charge in [-0.3, -0.25) is 4.21 Å². The van der Waals surface area contributed by atoms with E-state index >= 15 is 0 Å². The Balaban J connectivity index is 1.96. The zero-order chi connectivity index (χ0) is 11.0. The molecule has 5 heteroatoms. The summed E-state index contributed by atoms with van der Waals surface area (Å²) < 4.78 is 14.1. The average Bonchev–Trinajstić information content (AvgIpc) is 2.97. The van der Waals surface area contributed by atoms with Gasteiger partial charge in [0.1, 0.15) is 0 Å². The molecule has 3 nitrogen and oxygen atoms in total. The molecule has 1 aliphatic heterocycles. The van der Waals surface area contributed by atoms with E-state index in [4.69, 9.17) is 0 Å². The molecule has 16 heavy (non-hydrogen) atoms. The number of aromatic nitrogens is 1. The van der Waals surface area contributed by atoms with Crippen molar-refractivity contribution >= 4 is 32.4 Å². The van der Waals surface area contributed by atoms with E-state index in [2.05, 4.69) is 10.3 Å². The lowest BCUT2D eigenvalue weighted by Gasteiger charge is -2.03. The molecule has 1 fully saturated rings. The molecule has 0 aliphatic carbocycles. The third-order valence-electron chi connectivity index (χ3n) is 2.76. The summed E-state index contributed by atoms with van der Waals surface area (Å²) in [6, 6.07) is 7.95. The van der Waals surface area contributed by atoms with Gasteiger partial charge >= 0.3 is 0 Å². The van der Waals surface area contributed by atoms with E-state index in [-0.39, 0.29) is 5.25 Å². The van der Waals surface area contributed by atoms with Crippen LogP contribution in [0, 0.1) is 0 Å². The van der Waals surface area contributed by atoms with Crippen LogP contribution >= 0.6 is 11.3 Å². The fourth-order valence-electron chi connectivity index (χ4n) is 1.89. The van der Waals surface area contributed by atoms with E-state index in [1.165, 1.54) is 0 Å². The van der Waals surface area contributed by atoms with E-state index < -0.39 is 10.8 Å². The molecule has 1 aliphatic rings. The molecule has 0 amide bonds. The van der Waals surface area contributed by atoms with Crippen LogP contribution in [-0.4, -0.2) is 27.5 Å². The van der Waals surface area contributed by atoms with Crippen LogP contribution in [0.1, 0.15) is 6.42 Å². The second-order valence-corrected chi connectivity index (χ2v) is 6.80. The van der Waals surface area contributed by atoms with Crippen LogP contribution in [0.4, 0.5) is 0 Å². The number of nitrogens with zero attached hydrogens (tertiary/aromatic N) is 1. The number of nitrogens with one attached hydrogen (secondary N) is 1. The summed E-state index contributed by atoms with van der Waals surface area (Å²) in [5.74, 6) is 0. The van der Waals surface area contributed by atoms with Gasteiger partial charge in [0.2, 0.25) is 0 Å². The molecule has 2 heterocycles. The van der Waals surface area contributed by atoms with Crippen molar-refractivity contribution in [2.24, 2.45) is 0 Å². The second kappa shape index (κ2) is 4.24. The Bertz CT molecular complexity index is 499. The van der Waals surface area contributed by atoms with Gasteiger partial charge in [0.25, 0.3) is 0 Å². The highest BCUT2D eigenvalue weighted by atomic mass is 32.2. The first-order chi connectivity index (χ1) is 7.84. The predicted octanol–water partition coefficient (Wildman–Crippen LogP) is 1.77. The van der Waals surface area contributed by atoms with Crippen LogP contribution in [0.15, 0.2) is 28.6 Å². The minimum atomic E-state index is -0.946. The van der Waals surface area contributed by atoms with Crippen LogP contribution in [0.3, 0.4) is 0 Å².